The molecule has 0 aliphatic carbocycles. The monoisotopic (exact) mass is 215 g/mol. The first-order valence-electron chi connectivity index (χ1n) is 3.35. The molecule has 12 heavy (non-hydrogen) atoms. The second-order valence-corrected chi connectivity index (χ2v) is 7.13. The Morgan fingerprint density at radius 1 is 1.00 bits per heavy atom. The normalized spacial score (nSPS) is 13.2. The van der Waals surface area contributed by atoms with Crippen LogP contribution in [0.5, 0.6) is 0 Å². The van der Waals surface area contributed by atoms with Crippen LogP contribution in [0.4, 0.5) is 0 Å². The summed E-state index contributed by atoms with van der Waals surface area (Å²) in [7, 11) is -6.46. The van der Waals surface area contributed by atoms with Crippen molar-refractivity contribution >= 4 is 19.7 Å². The molecule has 0 rings (SSSR count). The van der Waals surface area contributed by atoms with Gasteiger partial charge in [0.1, 0.15) is 9.84 Å². The van der Waals surface area contributed by atoms with Crippen molar-refractivity contribution < 1.29 is 16.8 Å². The van der Waals surface area contributed by atoms with Gasteiger partial charge in [-0.3, -0.25) is 0 Å². The van der Waals surface area contributed by atoms with Crippen LogP contribution in [0.1, 0.15) is 0 Å². The zero-order valence-corrected chi connectivity index (χ0v) is 8.49. The lowest BCUT2D eigenvalue weighted by Gasteiger charge is -2.00. The lowest BCUT2D eigenvalue weighted by Crippen LogP contribution is -2.22. The lowest BCUT2D eigenvalue weighted by atomic mass is 10.8. The molecule has 0 radical (unpaired) electrons. The first-order chi connectivity index (χ1) is 5.27. The second-order valence-electron chi connectivity index (χ2n) is 2.57. The molecule has 74 valence electrons. The molecule has 0 aromatic rings. The molecule has 0 saturated carbocycles. The molecule has 5 nitrogen and oxygen atoms in total. The Morgan fingerprint density at radius 2 is 1.50 bits per heavy atom. The van der Waals surface area contributed by atoms with Gasteiger partial charge in [-0.25, -0.2) is 16.8 Å². The van der Waals surface area contributed by atoms with Gasteiger partial charge in [0.15, 0.2) is 9.84 Å². The van der Waals surface area contributed by atoms with Crippen LogP contribution >= 0.6 is 0 Å². The fourth-order valence-corrected chi connectivity index (χ4v) is 3.35. The molecule has 0 atom stereocenters. The van der Waals surface area contributed by atoms with Gasteiger partial charge in [-0.15, -0.1) is 0 Å². The summed E-state index contributed by atoms with van der Waals surface area (Å²) in [6.45, 7) is 0.0338. The first kappa shape index (κ1) is 11.9. The molecule has 0 aliphatic rings. The standard InChI is InChI=1S/C5H13NO4S2/c1-11(7,8)4-5-12(9,10)3-2-6/h2-6H2,1H3. The van der Waals surface area contributed by atoms with Crippen molar-refractivity contribution in [3.63, 3.8) is 0 Å². The summed E-state index contributed by atoms with van der Waals surface area (Å²) in [5, 5.41) is 0. The van der Waals surface area contributed by atoms with Gasteiger partial charge in [-0.2, -0.15) is 0 Å². The SMILES string of the molecule is CS(=O)(=O)CCS(=O)(=O)CCN. The third kappa shape index (κ3) is 6.56. The summed E-state index contributed by atoms with van der Waals surface area (Å²) in [4.78, 5) is 0. The predicted octanol–water partition coefficient (Wildman–Crippen LogP) is -1.60. The van der Waals surface area contributed by atoms with E-state index < -0.39 is 19.7 Å². The number of hydrogen-bond acceptors (Lipinski definition) is 5. The van der Waals surface area contributed by atoms with Crippen LogP contribution in [-0.4, -0.2) is 46.9 Å². The molecule has 7 heteroatoms. The Bertz CT molecular complexity index is 315. The van der Waals surface area contributed by atoms with Crippen molar-refractivity contribution in [2.45, 2.75) is 0 Å². The minimum atomic E-state index is -3.27. The Morgan fingerprint density at radius 3 is 1.83 bits per heavy atom. The average molecular weight is 215 g/mol. The van der Waals surface area contributed by atoms with Crippen LogP contribution in [0.15, 0.2) is 0 Å². The average Bonchev–Trinajstić information content (AvgIpc) is 1.83. The van der Waals surface area contributed by atoms with Gasteiger partial charge in [-0.05, 0) is 0 Å². The molecule has 0 aliphatic heterocycles. The second kappa shape index (κ2) is 4.20. The van der Waals surface area contributed by atoms with Gasteiger partial charge < -0.3 is 5.73 Å². The van der Waals surface area contributed by atoms with Crippen LogP contribution in [0, 0.1) is 0 Å². The number of nitrogens with two attached hydrogens (primary N) is 1. The van der Waals surface area contributed by atoms with Gasteiger partial charge in [0.25, 0.3) is 0 Å². The zero-order chi connectivity index (χ0) is 9.83. The molecular weight excluding hydrogens is 202 g/mol. The van der Waals surface area contributed by atoms with Gasteiger partial charge >= 0.3 is 0 Å². The minimum absolute atomic E-state index is 0.0338. The maximum Gasteiger partial charge on any atom is 0.152 e. The summed E-state index contributed by atoms with van der Waals surface area (Å²) < 4.78 is 43.0. The Hall–Kier alpha value is -0.140. The van der Waals surface area contributed by atoms with E-state index in [0.717, 1.165) is 6.26 Å². The van der Waals surface area contributed by atoms with Crippen molar-refractivity contribution in [3.05, 3.63) is 0 Å². The fraction of sp³-hybridized carbons (Fsp3) is 1.00. The van der Waals surface area contributed by atoms with E-state index in [1.807, 2.05) is 0 Å². The van der Waals surface area contributed by atoms with Crippen molar-refractivity contribution in [1.82, 2.24) is 0 Å². The zero-order valence-electron chi connectivity index (χ0n) is 6.86. The van der Waals surface area contributed by atoms with Gasteiger partial charge in [0.05, 0.1) is 17.3 Å². The predicted molar refractivity (Wildman–Crippen MR) is 47.4 cm³/mol. The highest BCUT2D eigenvalue weighted by Crippen LogP contribution is 1.92. The van der Waals surface area contributed by atoms with E-state index in [1.165, 1.54) is 0 Å². The van der Waals surface area contributed by atoms with Crippen LogP contribution in [0.3, 0.4) is 0 Å². The van der Waals surface area contributed by atoms with Gasteiger partial charge in [0.2, 0.25) is 0 Å². The van der Waals surface area contributed by atoms with E-state index in [1.54, 1.807) is 0 Å². The van der Waals surface area contributed by atoms with E-state index >= 15 is 0 Å². The van der Waals surface area contributed by atoms with Gasteiger partial charge in [0, 0.05) is 12.8 Å². The summed E-state index contributed by atoms with van der Waals surface area (Å²) in [5.74, 6) is -0.805. The Kier molecular flexibility index (Phi) is 4.15. The molecule has 0 fully saturated rings. The molecule has 0 bridgehead atoms. The third-order valence-corrected chi connectivity index (χ3v) is 4.08. The van der Waals surface area contributed by atoms with E-state index in [4.69, 9.17) is 5.73 Å². The van der Waals surface area contributed by atoms with Crippen LogP contribution in [-0.2, 0) is 19.7 Å². The Balaban J connectivity index is 4.12. The van der Waals surface area contributed by atoms with E-state index in [-0.39, 0.29) is 23.8 Å². The van der Waals surface area contributed by atoms with Crippen molar-refractivity contribution in [2.24, 2.45) is 5.73 Å². The van der Waals surface area contributed by atoms with Crippen molar-refractivity contribution in [3.8, 4) is 0 Å². The number of rotatable bonds is 5. The molecule has 0 aromatic carbocycles. The molecule has 2 N–H and O–H groups in total. The van der Waals surface area contributed by atoms with Crippen LogP contribution in [0.25, 0.3) is 0 Å². The van der Waals surface area contributed by atoms with E-state index in [9.17, 15) is 16.8 Å². The largest absolute Gasteiger partial charge is 0.329 e. The topological polar surface area (TPSA) is 94.3 Å². The first-order valence-corrected chi connectivity index (χ1v) is 7.23. The van der Waals surface area contributed by atoms with E-state index in [2.05, 4.69) is 0 Å². The molecule has 0 aromatic heterocycles. The smallest absolute Gasteiger partial charge is 0.152 e. The molecule has 0 heterocycles. The van der Waals surface area contributed by atoms with Crippen LogP contribution < -0.4 is 5.73 Å². The highest BCUT2D eigenvalue weighted by molar-refractivity contribution is 7.94. The van der Waals surface area contributed by atoms with Crippen molar-refractivity contribution in [2.75, 3.05) is 30.1 Å². The molecule has 0 spiro atoms. The molecule has 0 saturated heterocycles. The summed E-state index contributed by atoms with van der Waals surface area (Å²) >= 11 is 0. The number of hydrogen-bond donors (Lipinski definition) is 1. The van der Waals surface area contributed by atoms with Crippen LogP contribution in [0.2, 0.25) is 0 Å². The maximum absolute atomic E-state index is 10.9. The summed E-state index contributed by atoms with van der Waals surface area (Å²) in [6.07, 6.45) is 1.00. The minimum Gasteiger partial charge on any atom is -0.329 e. The molecule has 0 unspecified atom stereocenters. The fourth-order valence-electron chi connectivity index (χ4n) is 0.560. The van der Waals surface area contributed by atoms with E-state index in [0.29, 0.717) is 0 Å². The molecule has 0 amide bonds. The highest BCUT2D eigenvalue weighted by atomic mass is 32.2. The lowest BCUT2D eigenvalue weighted by molar-refractivity contribution is 0.590. The quantitative estimate of drug-likeness (QED) is 0.596. The highest BCUT2D eigenvalue weighted by Gasteiger charge is 2.13. The summed E-state index contributed by atoms with van der Waals surface area (Å²) in [5.41, 5.74) is 5.03. The molecular formula is C5H13NO4S2. The number of sulfone groups is 2. The Labute approximate surface area is 72.8 Å². The third-order valence-electron chi connectivity index (χ3n) is 1.19. The van der Waals surface area contributed by atoms with Gasteiger partial charge in [-0.1, -0.05) is 0 Å². The van der Waals surface area contributed by atoms with Crippen molar-refractivity contribution in [1.29, 1.82) is 0 Å². The maximum atomic E-state index is 10.9. The summed E-state index contributed by atoms with van der Waals surface area (Å²) in [6, 6.07) is 0.